The van der Waals surface area contributed by atoms with Gasteiger partial charge in [-0.1, -0.05) is 23.7 Å². The van der Waals surface area contributed by atoms with Gasteiger partial charge in [0.2, 0.25) is 0 Å². The second kappa shape index (κ2) is 6.34. The molecule has 7 heteroatoms. The Hall–Kier alpha value is -2.44. The van der Waals surface area contributed by atoms with Gasteiger partial charge in [0.25, 0.3) is 11.6 Å². The summed E-state index contributed by atoms with van der Waals surface area (Å²) < 4.78 is 0. The van der Waals surface area contributed by atoms with Gasteiger partial charge in [-0.05, 0) is 29.8 Å². The number of amides is 1. The first-order valence-electron chi connectivity index (χ1n) is 5.96. The summed E-state index contributed by atoms with van der Waals surface area (Å²) in [6.45, 7) is -0.103. The largest absolute Gasteiger partial charge is 0.392 e. The Morgan fingerprint density at radius 2 is 1.90 bits per heavy atom. The summed E-state index contributed by atoms with van der Waals surface area (Å²) in [5, 5.41) is 22.7. The van der Waals surface area contributed by atoms with Crippen molar-refractivity contribution in [3.8, 4) is 0 Å². The molecule has 0 saturated heterocycles. The molecule has 0 spiro atoms. The van der Waals surface area contributed by atoms with Crippen molar-refractivity contribution < 1.29 is 14.8 Å². The second-order valence-electron chi connectivity index (χ2n) is 4.23. The number of nitro benzene ring substituents is 1. The lowest BCUT2D eigenvalue weighted by atomic mass is 10.1. The van der Waals surface area contributed by atoms with E-state index in [2.05, 4.69) is 5.32 Å². The van der Waals surface area contributed by atoms with Gasteiger partial charge in [0.15, 0.2) is 0 Å². The van der Waals surface area contributed by atoms with E-state index in [0.717, 1.165) is 0 Å². The summed E-state index contributed by atoms with van der Waals surface area (Å²) in [4.78, 5) is 22.4. The van der Waals surface area contributed by atoms with Crippen LogP contribution in [0.3, 0.4) is 0 Å². The van der Waals surface area contributed by atoms with E-state index in [4.69, 9.17) is 16.7 Å². The monoisotopic (exact) mass is 306 g/mol. The van der Waals surface area contributed by atoms with Crippen LogP contribution in [0.2, 0.25) is 5.02 Å². The molecule has 0 aromatic heterocycles. The molecule has 2 N–H and O–H groups in total. The maximum Gasteiger partial charge on any atom is 0.282 e. The predicted octanol–water partition coefficient (Wildman–Crippen LogP) is 2.99. The lowest BCUT2D eigenvalue weighted by molar-refractivity contribution is -0.385. The molecular formula is C14H11ClN2O4. The second-order valence-corrected chi connectivity index (χ2v) is 4.66. The van der Waals surface area contributed by atoms with Crippen molar-refractivity contribution in [3.63, 3.8) is 0 Å². The summed E-state index contributed by atoms with van der Waals surface area (Å²) in [7, 11) is 0. The maximum absolute atomic E-state index is 12.1. The van der Waals surface area contributed by atoms with Crippen LogP contribution in [-0.4, -0.2) is 15.9 Å². The first-order valence-corrected chi connectivity index (χ1v) is 6.34. The van der Waals surface area contributed by atoms with E-state index < -0.39 is 10.8 Å². The van der Waals surface area contributed by atoms with Crippen LogP contribution in [-0.2, 0) is 6.61 Å². The van der Waals surface area contributed by atoms with Gasteiger partial charge in [-0.25, -0.2) is 0 Å². The SMILES string of the molecule is O=C(Nc1ccc(CO)cc1)c1cc(Cl)ccc1[N+](=O)[O-]. The molecule has 2 aromatic carbocycles. The molecule has 0 radical (unpaired) electrons. The fraction of sp³-hybridized carbons (Fsp3) is 0.0714. The van der Waals surface area contributed by atoms with Crippen LogP contribution in [0.5, 0.6) is 0 Å². The number of carbonyl (C=O) groups is 1. The summed E-state index contributed by atoms with van der Waals surface area (Å²) in [6.07, 6.45) is 0. The number of nitro groups is 1. The Balaban J connectivity index is 2.27. The average molecular weight is 307 g/mol. The number of nitrogens with zero attached hydrogens (tertiary/aromatic N) is 1. The number of nitrogens with one attached hydrogen (secondary N) is 1. The summed E-state index contributed by atoms with van der Waals surface area (Å²) in [6, 6.07) is 10.3. The third-order valence-electron chi connectivity index (χ3n) is 2.79. The summed E-state index contributed by atoms with van der Waals surface area (Å²) >= 11 is 5.78. The van der Waals surface area contributed by atoms with Crippen molar-refractivity contribution in [2.24, 2.45) is 0 Å². The zero-order valence-electron chi connectivity index (χ0n) is 10.7. The molecule has 108 valence electrons. The van der Waals surface area contributed by atoms with Crippen LogP contribution in [0.25, 0.3) is 0 Å². The third kappa shape index (κ3) is 3.56. The fourth-order valence-corrected chi connectivity index (χ4v) is 1.91. The van der Waals surface area contributed by atoms with Crippen LogP contribution < -0.4 is 5.32 Å². The van der Waals surface area contributed by atoms with Crippen LogP contribution in [0.4, 0.5) is 11.4 Å². The molecule has 0 unspecified atom stereocenters. The number of carbonyl (C=O) groups excluding carboxylic acids is 1. The molecule has 0 atom stereocenters. The van der Waals surface area contributed by atoms with E-state index in [1.165, 1.54) is 18.2 Å². The molecular weight excluding hydrogens is 296 g/mol. The lowest BCUT2D eigenvalue weighted by Crippen LogP contribution is -2.14. The molecule has 0 heterocycles. The minimum absolute atomic E-state index is 0.103. The minimum Gasteiger partial charge on any atom is -0.392 e. The van der Waals surface area contributed by atoms with Gasteiger partial charge in [0.05, 0.1) is 11.5 Å². The Kier molecular flexibility index (Phi) is 4.52. The number of aliphatic hydroxyl groups is 1. The molecule has 2 aromatic rings. The fourth-order valence-electron chi connectivity index (χ4n) is 1.74. The molecule has 2 rings (SSSR count). The van der Waals surface area contributed by atoms with Gasteiger partial charge in [0.1, 0.15) is 5.56 Å². The van der Waals surface area contributed by atoms with Gasteiger partial charge >= 0.3 is 0 Å². The molecule has 0 bridgehead atoms. The number of rotatable bonds is 4. The zero-order chi connectivity index (χ0) is 15.4. The molecule has 21 heavy (non-hydrogen) atoms. The molecule has 0 aliphatic carbocycles. The van der Waals surface area contributed by atoms with Crippen LogP contribution in [0.15, 0.2) is 42.5 Å². The molecule has 0 saturated carbocycles. The van der Waals surface area contributed by atoms with Gasteiger partial charge in [-0.15, -0.1) is 0 Å². The molecule has 0 aliphatic rings. The van der Waals surface area contributed by atoms with Gasteiger partial charge in [0, 0.05) is 16.8 Å². The highest BCUT2D eigenvalue weighted by molar-refractivity contribution is 6.31. The average Bonchev–Trinajstić information content (AvgIpc) is 2.47. The van der Waals surface area contributed by atoms with Crippen LogP contribution >= 0.6 is 11.6 Å². The Morgan fingerprint density at radius 1 is 1.24 bits per heavy atom. The highest BCUT2D eigenvalue weighted by atomic mass is 35.5. The quantitative estimate of drug-likeness (QED) is 0.671. The number of hydrogen-bond acceptors (Lipinski definition) is 4. The minimum atomic E-state index is -0.639. The summed E-state index contributed by atoms with van der Waals surface area (Å²) in [5.41, 5.74) is 0.732. The van der Waals surface area contributed by atoms with Gasteiger partial charge < -0.3 is 10.4 Å². The van der Waals surface area contributed by atoms with E-state index in [1.807, 2.05) is 0 Å². The number of aliphatic hydroxyl groups excluding tert-OH is 1. The van der Waals surface area contributed by atoms with Crippen molar-refractivity contribution in [2.45, 2.75) is 6.61 Å². The van der Waals surface area contributed by atoms with Crippen molar-refractivity contribution in [2.75, 3.05) is 5.32 Å². The van der Waals surface area contributed by atoms with E-state index >= 15 is 0 Å². The van der Waals surface area contributed by atoms with Gasteiger partial charge in [-0.3, -0.25) is 14.9 Å². The normalized spacial score (nSPS) is 10.2. The number of benzene rings is 2. The smallest absolute Gasteiger partial charge is 0.282 e. The highest BCUT2D eigenvalue weighted by Crippen LogP contribution is 2.23. The van der Waals surface area contributed by atoms with Crippen molar-refractivity contribution in [1.29, 1.82) is 0 Å². The topological polar surface area (TPSA) is 92.5 Å². The van der Waals surface area contributed by atoms with E-state index in [-0.39, 0.29) is 22.9 Å². The Bertz CT molecular complexity index is 686. The Morgan fingerprint density at radius 3 is 2.48 bits per heavy atom. The van der Waals surface area contributed by atoms with E-state index in [0.29, 0.717) is 11.3 Å². The first kappa shape index (κ1) is 15.0. The zero-order valence-corrected chi connectivity index (χ0v) is 11.5. The molecule has 1 amide bonds. The van der Waals surface area contributed by atoms with E-state index in [9.17, 15) is 14.9 Å². The van der Waals surface area contributed by atoms with Crippen molar-refractivity contribution in [1.82, 2.24) is 0 Å². The highest BCUT2D eigenvalue weighted by Gasteiger charge is 2.20. The Labute approximate surface area is 125 Å². The molecule has 0 fully saturated rings. The number of anilines is 1. The van der Waals surface area contributed by atoms with Crippen LogP contribution in [0, 0.1) is 10.1 Å². The predicted molar refractivity (Wildman–Crippen MR) is 78.4 cm³/mol. The van der Waals surface area contributed by atoms with Gasteiger partial charge in [-0.2, -0.15) is 0 Å². The lowest BCUT2D eigenvalue weighted by Gasteiger charge is -2.07. The van der Waals surface area contributed by atoms with Crippen molar-refractivity contribution in [3.05, 3.63) is 68.7 Å². The first-order chi connectivity index (χ1) is 10.0. The maximum atomic E-state index is 12.1. The third-order valence-corrected chi connectivity index (χ3v) is 3.03. The molecule has 0 aliphatic heterocycles. The number of halogens is 1. The van der Waals surface area contributed by atoms with Crippen LogP contribution in [0.1, 0.15) is 15.9 Å². The number of hydrogen-bond donors (Lipinski definition) is 2. The van der Waals surface area contributed by atoms with E-state index in [1.54, 1.807) is 24.3 Å². The van der Waals surface area contributed by atoms with Crippen molar-refractivity contribution >= 4 is 28.9 Å². The molecule has 6 nitrogen and oxygen atoms in total. The standard InChI is InChI=1S/C14H11ClN2O4/c15-10-3-6-13(17(20)21)12(7-10)14(19)16-11-4-1-9(8-18)2-5-11/h1-7,18H,8H2,(H,16,19). The summed E-state index contributed by atoms with van der Waals surface area (Å²) in [5.74, 6) is -0.624.